The number of allylic oxidation sites excluding steroid dienone is 1. The predicted molar refractivity (Wildman–Crippen MR) is 108 cm³/mol. The van der Waals surface area contributed by atoms with E-state index in [0.29, 0.717) is 11.4 Å². The first kappa shape index (κ1) is 22.8. The molecule has 1 aromatic rings. The monoisotopic (exact) mass is 416 g/mol. The van der Waals surface area contributed by atoms with Gasteiger partial charge in [-0.25, -0.2) is 4.79 Å². The normalized spacial score (nSPS) is 18.2. The summed E-state index contributed by atoms with van der Waals surface area (Å²) < 4.78 is 14.7. The molecule has 30 heavy (non-hydrogen) atoms. The first-order valence-electron chi connectivity index (χ1n) is 9.15. The van der Waals surface area contributed by atoms with Gasteiger partial charge in [0, 0.05) is 17.1 Å². The number of ether oxygens (including phenoxy) is 3. The number of nitrogens with one attached hydrogen (secondary N) is 1. The van der Waals surface area contributed by atoms with E-state index in [9.17, 15) is 19.2 Å². The van der Waals surface area contributed by atoms with Crippen LogP contribution in [0.4, 0.5) is 5.69 Å². The topological polar surface area (TPSA) is 120 Å². The molecule has 1 aromatic carbocycles. The van der Waals surface area contributed by atoms with Crippen LogP contribution < -0.4 is 5.32 Å². The molecule has 0 spiro atoms. The minimum absolute atomic E-state index is 0.109. The van der Waals surface area contributed by atoms with Gasteiger partial charge in [0.1, 0.15) is 11.8 Å². The summed E-state index contributed by atoms with van der Waals surface area (Å²) in [5, 5.41) is 2.64. The van der Waals surface area contributed by atoms with E-state index < -0.39 is 42.3 Å². The van der Waals surface area contributed by atoms with Crippen molar-refractivity contribution in [3.63, 3.8) is 0 Å². The van der Waals surface area contributed by atoms with Crippen molar-refractivity contribution in [2.24, 2.45) is 16.8 Å². The molecule has 0 bridgehead atoms. The zero-order valence-corrected chi connectivity index (χ0v) is 17.5. The minimum Gasteiger partial charge on any atom is -0.468 e. The van der Waals surface area contributed by atoms with E-state index in [1.54, 1.807) is 19.1 Å². The predicted octanol–water partition coefficient (Wildman–Crippen LogP) is 1.80. The van der Waals surface area contributed by atoms with Crippen LogP contribution in [0.5, 0.6) is 0 Å². The van der Waals surface area contributed by atoms with Crippen LogP contribution in [-0.4, -0.2) is 50.4 Å². The van der Waals surface area contributed by atoms with Crippen LogP contribution in [0.25, 0.3) is 0 Å². The summed E-state index contributed by atoms with van der Waals surface area (Å²) in [5.41, 5.74) is 1.83. The third-order valence-corrected chi connectivity index (χ3v) is 4.71. The molecule has 0 radical (unpaired) electrons. The lowest BCUT2D eigenvalue weighted by molar-refractivity contribution is -0.158. The number of carbonyl (C=O) groups is 4. The number of methoxy groups -OCH3 is 2. The zero-order chi connectivity index (χ0) is 22.4. The standard InChI is InChI=1S/C21H24N2O7/c1-11-8-6-7-9-14(11)23-15(24)10-30-21(27)18-16(19(25)28-4)12(2)22-13(3)17(18)20(26)29-5/h6-9,16,18H,10H2,1-5H3,(H,23,24)/t16?,18-/m0/s1. The number of amides is 1. The Balaban J connectivity index is 2.23. The fourth-order valence-electron chi connectivity index (χ4n) is 3.23. The van der Waals surface area contributed by atoms with Crippen LogP contribution >= 0.6 is 0 Å². The van der Waals surface area contributed by atoms with Gasteiger partial charge in [-0.1, -0.05) is 18.2 Å². The molecule has 160 valence electrons. The fourth-order valence-corrected chi connectivity index (χ4v) is 3.23. The number of benzene rings is 1. The van der Waals surface area contributed by atoms with E-state index in [0.717, 1.165) is 19.8 Å². The fraction of sp³-hybridized carbons (Fsp3) is 0.381. The molecule has 9 nitrogen and oxygen atoms in total. The molecule has 1 unspecified atom stereocenters. The van der Waals surface area contributed by atoms with Gasteiger partial charge in [-0.15, -0.1) is 0 Å². The Kier molecular flexibility index (Phi) is 7.46. The van der Waals surface area contributed by atoms with E-state index in [-0.39, 0.29) is 11.3 Å². The SMILES string of the molecule is COC(=O)C1=C(C)N=C(C)C(C(=O)OC)[C@@H]1C(=O)OCC(=O)Nc1ccccc1C. The maximum atomic E-state index is 12.9. The van der Waals surface area contributed by atoms with E-state index in [1.165, 1.54) is 6.92 Å². The van der Waals surface area contributed by atoms with Crippen molar-refractivity contribution >= 4 is 35.2 Å². The highest BCUT2D eigenvalue weighted by molar-refractivity contribution is 6.10. The highest BCUT2D eigenvalue weighted by Crippen LogP contribution is 2.33. The minimum atomic E-state index is -1.34. The average Bonchev–Trinajstić information content (AvgIpc) is 2.72. The van der Waals surface area contributed by atoms with Crippen molar-refractivity contribution in [2.45, 2.75) is 20.8 Å². The molecule has 1 aliphatic heterocycles. The Bertz CT molecular complexity index is 933. The maximum Gasteiger partial charge on any atom is 0.336 e. The molecule has 0 fully saturated rings. The Labute approximate surface area is 174 Å². The Morgan fingerprint density at radius 2 is 1.63 bits per heavy atom. The number of rotatable bonds is 6. The molecule has 1 aliphatic rings. The second kappa shape index (κ2) is 9.82. The molecule has 1 amide bonds. The molecular weight excluding hydrogens is 392 g/mol. The highest BCUT2D eigenvalue weighted by atomic mass is 16.5. The Morgan fingerprint density at radius 1 is 0.967 bits per heavy atom. The van der Waals surface area contributed by atoms with Crippen LogP contribution in [0.1, 0.15) is 19.4 Å². The largest absolute Gasteiger partial charge is 0.468 e. The molecule has 9 heteroatoms. The lowest BCUT2D eigenvalue weighted by Crippen LogP contribution is -2.42. The van der Waals surface area contributed by atoms with Gasteiger partial charge < -0.3 is 19.5 Å². The quantitative estimate of drug-likeness (QED) is 0.554. The summed E-state index contributed by atoms with van der Waals surface area (Å²) in [6.07, 6.45) is 0. The highest BCUT2D eigenvalue weighted by Gasteiger charge is 2.46. The van der Waals surface area contributed by atoms with E-state index in [4.69, 9.17) is 14.2 Å². The summed E-state index contributed by atoms with van der Waals surface area (Å²) in [6.45, 7) is 4.29. The maximum absolute atomic E-state index is 12.9. The van der Waals surface area contributed by atoms with Crippen molar-refractivity contribution in [2.75, 3.05) is 26.1 Å². The summed E-state index contributed by atoms with van der Waals surface area (Å²) in [7, 11) is 2.32. The molecular formula is C21H24N2O7. The molecule has 1 heterocycles. The second-order valence-electron chi connectivity index (χ2n) is 6.69. The summed E-state index contributed by atoms with van der Waals surface area (Å²) in [5.74, 6) is -5.57. The van der Waals surface area contributed by atoms with Gasteiger partial charge in [0.15, 0.2) is 6.61 Å². The average molecular weight is 416 g/mol. The number of aryl methyl sites for hydroxylation is 1. The molecule has 0 aromatic heterocycles. The van der Waals surface area contributed by atoms with Crippen molar-refractivity contribution in [3.05, 3.63) is 41.1 Å². The number of nitrogens with zero attached hydrogens (tertiary/aromatic N) is 1. The number of hydrogen-bond acceptors (Lipinski definition) is 8. The second-order valence-corrected chi connectivity index (χ2v) is 6.69. The summed E-state index contributed by atoms with van der Waals surface area (Å²) >= 11 is 0. The lowest BCUT2D eigenvalue weighted by atomic mass is 9.80. The molecule has 2 rings (SSSR count). The Hall–Kier alpha value is -3.49. The van der Waals surface area contributed by atoms with Gasteiger partial charge >= 0.3 is 17.9 Å². The summed E-state index contributed by atoms with van der Waals surface area (Å²) in [6, 6.07) is 7.12. The molecule has 0 saturated heterocycles. The van der Waals surface area contributed by atoms with Crippen molar-refractivity contribution in [1.82, 2.24) is 0 Å². The Morgan fingerprint density at radius 3 is 2.23 bits per heavy atom. The zero-order valence-electron chi connectivity index (χ0n) is 17.5. The van der Waals surface area contributed by atoms with Crippen molar-refractivity contribution in [1.29, 1.82) is 0 Å². The number of carbonyl (C=O) groups excluding carboxylic acids is 4. The van der Waals surface area contributed by atoms with Crippen LogP contribution in [0.15, 0.2) is 40.5 Å². The van der Waals surface area contributed by atoms with Gasteiger partial charge in [-0.05, 0) is 32.4 Å². The van der Waals surface area contributed by atoms with E-state index in [1.807, 2.05) is 19.1 Å². The van der Waals surface area contributed by atoms with Crippen LogP contribution in [0, 0.1) is 18.8 Å². The van der Waals surface area contributed by atoms with Gasteiger partial charge in [0.05, 0.1) is 19.8 Å². The first-order valence-corrected chi connectivity index (χ1v) is 9.15. The number of para-hydroxylation sites is 1. The van der Waals surface area contributed by atoms with Gasteiger partial charge in [-0.2, -0.15) is 0 Å². The first-order chi connectivity index (χ1) is 14.2. The number of esters is 3. The third-order valence-electron chi connectivity index (χ3n) is 4.71. The summed E-state index contributed by atoms with van der Waals surface area (Å²) in [4.78, 5) is 53.9. The van der Waals surface area contributed by atoms with Crippen molar-refractivity contribution < 1.29 is 33.4 Å². The lowest BCUT2D eigenvalue weighted by Gasteiger charge is -2.29. The van der Waals surface area contributed by atoms with Crippen LogP contribution in [0.2, 0.25) is 0 Å². The van der Waals surface area contributed by atoms with Crippen LogP contribution in [0.3, 0.4) is 0 Å². The molecule has 0 saturated carbocycles. The number of anilines is 1. The van der Waals surface area contributed by atoms with Gasteiger partial charge in [0.25, 0.3) is 5.91 Å². The van der Waals surface area contributed by atoms with E-state index in [2.05, 4.69) is 10.3 Å². The van der Waals surface area contributed by atoms with Gasteiger partial charge in [-0.3, -0.25) is 19.4 Å². The van der Waals surface area contributed by atoms with Crippen molar-refractivity contribution in [3.8, 4) is 0 Å². The van der Waals surface area contributed by atoms with Gasteiger partial charge in [0.2, 0.25) is 0 Å². The molecule has 2 atom stereocenters. The number of aliphatic imine (C=N–C) groups is 1. The number of hydrogen-bond donors (Lipinski definition) is 1. The third kappa shape index (κ3) is 4.91. The smallest absolute Gasteiger partial charge is 0.336 e. The molecule has 1 N–H and O–H groups in total. The molecule has 0 aliphatic carbocycles. The van der Waals surface area contributed by atoms with Crippen LogP contribution in [-0.2, 0) is 33.4 Å². The van der Waals surface area contributed by atoms with E-state index >= 15 is 0 Å².